The highest BCUT2D eigenvalue weighted by Crippen LogP contribution is 2.13. The molecule has 0 bridgehead atoms. The molecule has 0 aliphatic rings. The third kappa shape index (κ3) is 5.57. The van der Waals surface area contributed by atoms with Crippen LogP contribution in [-0.4, -0.2) is 11.9 Å². The van der Waals surface area contributed by atoms with Crippen molar-refractivity contribution in [3.8, 4) is 0 Å². The number of hydrogen-bond donors (Lipinski definition) is 1. The average molecular weight is 321 g/mol. The summed E-state index contributed by atoms with van der Waals surface area (Å²) in [6.07, 6.45) is 6.65. The zero-order valence-electron chi connectivity index (χ0n) is 13.4. The zero-order valence-corrected chi connectivity index (χ0v) is 13.4. The van der Waals surface area contributed by atoms with Gasteiger partial charge in [-0.25, -0.2) is 4.79 Å². The van der Waals surface area contributed by atoms with Gasteiger partial charge in [0, 0.05) is 11.8 Å². The van der Waals surface area contributed by atoms with E-state index in [4.69, 9.17) is 4.74 Å². The second-order valence-electron chi connectivity index (χ2n) is 5.02. The summed E-state index contributed by atoms with van der Waals surface area (Å²) in [6.45, 7) is 2.08. The fourth-order valence-electron chi connectivity index (χ4n) is 1.97. The normalized spacial score (nSPS) is 10.9. The first-order chi connectivity index (χ1) is 11.7. The Morgan fingerprint density at radius 1 is 1.04 bits per heavy atom. The van der Waals surface area contributed by atoms with E-state index in [-0.39, 0.29) is 12.5 Å². The monoisotopic (exact) mass is 321 g/mol. The van der Waals surface area contributed by atoms with E-state index in [9.17, 15) is 9.59 Å². The number of esters is 1. The van der Waals surface area contributed by atoms with E-state index in [1.54, 1.807) is 36.4 Å². The molecular formula is C20H19NO3. The quantitative estimate of drug-likeness (QED) is 0.495. The molecule has 0 radical (unpaired) electrons. The van der Waals surface area contributed by atoms with E-state index in [0.29, 0.717) is 11.3 Å². The number of rotatable bonds is 6. The first kappa shape index (κ1) is 17.2. The number of ether oxygens (including phenoxy) is 1. The maximum Gasteiger partial charge on any atom is 0.338 e. The molecule has 0 spiro atoms. The van der Waals surface area contributed by atoms with Crippen LogP contribution in [0, 0.1) is 0 Å². The molecule has 2 aromatic rings. The molecule has 0 aromatic heterocycles. The Kier molecular flexibility index (Phi) is 6.53. The predicted octanol–water partition coefficient (Wildman–Crippen LogP) is 4.11. The van der Waals surface area contributed by atoms with Gasteiger partial charge >= 0.3 is 5.97 Å². The van der Waals surface area contributed by atoms with Crippen molar-refractivity contribution in [2.45, 2.75) is 13.5 Å². The van der Waals surface area contributed by atoms with Crippen molar-refractivity contribution < 1.29 is 14.3 Å². The molecule has 122 valence electrons. The van der Waals surface area contributed by atoms with Crippen molar-refractivity contribution in [3.05, 3.63) is 90.0 Å². The van der Waals surface area contributed by atoms with Crippen LogP contribution >= 0.6 is 0 Å². The second-order valence-corrected chi connectivity index (χ2v) is 5.02. The Morgan fingerprint density at radius 3 is 2.58 bits per heavy atom. The highest BCUT2D eigenvalue weighted by molar-refractivity contribution is 6.00. The lowest BCUT2D eigenvalue weighted by molar-refractivity contribution is -0.111. The Labute approximate surface area is 141 Å². The van der Waals surface area contributed by atoms with E-state index >= 15 is 0 Å². The van der Waals surface area contributed by atoms with Crippen molar-refractivity contribution in [2.24, 2.45) is 0 Å². The second kappa shape index (κ2) is 9.10. The van der Waals surface area contributed by atoms with Crippen molar-refractivity contribution in [3.63, 3.8) is 0 Å². The predicted molar refractivity (Wildman–Crippen MR) is 94.6 cm³/mol. The summed E-state index contributed by atoms with van der Waals surface area (Å²) < 4.78 is 5.28. The Hall–Kier alpha value is -3.14. The first-order valence-corrected chi connectivity index (χ1v) is 7.60. The van der Waals surface area contributed by atoms with E-state index in [1.165, 1.54) is 6.08 Å². The van der Waals surface area contributed by atoms with Crippen LogP contribution in [0.4, 0.5) is 5.69 Å². The summed E-state index contributed by atoms with van der Waals surface area (Å²) >= 11 is 0. The molecule has 4 nitrogen and oxygen atoms in total. The summed E-state index contributed by atoms with van der Waals surface area (Å²) in [4.78, 5) is 23.8. The largest absolute Gasteiger partial charge is 0.457 e. The molecule has 0 fully saturated rings. The van der Waals surface area contributed by atoms with Gasteiger partial charge in [0.25, 0.3) is 0 Å². The van der Waals surface area contributed by atoms with Crippen molar-refractivity contribution in [2.75, 3.05) is 5.32 Å². The highest BCUT2D eigenvalue weighted by Gasteiger charge is 2.08. The van der Waals surface area contributed by atoms with Gasteiger partial charge in [-0.3, -0.25) is 4.79 Å². The Morgan fingerprint density at radius 2 is 1.83 bits per heavy atom. The van der Waals surface area contributed by atoms with Crippen molar-refractivity contribution >= 4 is 17.6 Å². The maximum absolute atomic E-state index is 12.1. The lowest BCUT2D eigenvalue weighted by Gasteiger charge is -2.07. The summed E-state index contributed by atoms with van der Waals surface area (Å²) in [5.41, 5.74) is 1.85. The summed E-state index contributed by atoms with van der Waals surface area (Å²) in [5, 5.41) is 2.70. The van der Waals surface area contributed by atoms with Crippen LogP contribution in [0.3, 0.4) is 0 Å². The van der Waals surface area contributed by atoms with Crippen LogP contribution in [0.25, 0.3) is 0 Å². The smallest absolute Gasteiger partial charge is 0.338 e. The van der Waals surface area contributed by atoms with Gasteiger partial charge in [0.1, 0.15) is 6.61 Å². The van der Waals surface area contributed by atoms with Gasteiger partial charge in [-0.2, -0.15) is 0 Å². The van der Waals surface area contributed by atoms with Gasteiger partial charge < -0.3 is 10.1 Å². The first-order valence-electron chi connectivity index (χ1n) is 7.60. The van der Waals surface area contributed by atoms with Crippen molar-refractivity contribution in [1.29, 1.82) is 0 Å². The molecule has 0 aliphatic carbocycles. The third-order valence-electron chi connectivity index (χ3n) is 3.13. The summed E-state index contributed by atoms with van der Waals surface area (Å²) in [7, 11) is 0. The number of benzene rings is 2. The minimum absolute atomic E-state index is 0.211. The van der Waals surface area contributed by atoms with Gasteiger partial charge in [-0.1, -0.05) is 54.6 Å². The highest BCUT2D eigenvalue weighted by atomic mass is 16.5. The average Bonchev–Trinajstić information content (AvgIpc) is 2.61. The van der Waals surface area contributed by atoms with Crippen LogP contribution in [-0.2, 0) is 16.1 Å². The van der Waals surface area contributed by atoms with Gasteiger partial charge in [0.05, 0.1) is 5.56 Å². The molecule has 0 aliphatic heterocycles. The van der Waals surface area contributed by atoms with Gasteiger partial charge in [0.15, 0.2) is 0 Å². The Bertz CT molecular complexity index is 748. The van der Waals surface area contributed by atoms with Gasteiger partial charge in [-0.15, -0.1) is 0 Å². The van der Waals surface area contributed by atoms with Crippen LogP contribution in [0.15, 0.2) is 78.9 Å². The third-order valence-corrected chi connectivity index (χ3v) is 3.13. The molecule has 0 atom stereocenters. The number of allylic oxidation sites excluding steroid dienone is 3. The minimum atomic E-state index is -0.431. The van der Waals surface area contributed by atoms with Crippen LogP contribution < -0.4 is 5.32 Å². The molecule has 0 unspecified atom stereocenters. The fraction of sp³-hybridized carbons (Fsp3) is 0.100. The van der Waals surface area contributed by atoms with Crippen LogP contribution in [0.1, 0.15) is 22.8 Å². The SMILES string of the molecule is CC=CC=CC(=O)Nc1cccc(C(=O)OCc2ccccc2)c1. The standard InChI is InChI=1S/C20H19NO3/c1-2-3-5-13-19(22)21-18-12-8-11-17(14-18)20(23)24-15-16-9-6-4-7-10-16/h2-14H,15H2,1H3,(H,21,22). The number of nitrogens with one attached hydrogen (secondary N) is 1. The lowest BCUT2D eigenvalue weighted by atomic mass is 10.2. The topological polar surface area (TPSA) is 55.4 Å². The number of carbonyl (C=O) groups is 2. The Balaban J connectivity index is 1.96. The minimum Gasteiger partial charge on any atom is -0.457 e. The molecule has 0 saturated heterocycles. The molecule has 1 N–H and O–H groups in total. The van der Waals surface area contributed by atoms with E-state index in [1.807, 2.05) is 43.3 Å². The van der Waals surface area contributed by atoms with Crippen LogP contribution in [0.5, 0.6) is 0 Å². The zero-order chi connectivity index (χ0) is 17.2. The molecule has 2 aromatic carbocycles. The molecular weight excluding hydrogens is 302 g/mol. The molecule has 1 amide bonds. The summed E-state index contributed by atoms with van der Waals surface area (Å²) in [6, 6.07) is 16.1. The van der Waals surface area contributed by atoms with Gasteiger partial charge in [-0.05, 0) is 30.7 Å². The van der Waals surface area contributed by atoms with Crippen molar-refractivity contribution in [1.82, 2.24) is 0 Å². The maximum atomic E-state index is 12.1. The summed E-state index contributed by atoms with van der Waals surface area (Å²) in [5.74, 6) is -0.692. The molecule has 4 heteroatoms. The number of hydrogen-bond acceptors (Lipinski definition) is 3. The van der Waals surface area contributed by atoms with Gasteiger partial charge in [0.2, 0.25) is 5.91 Å². The number of anilines is 1. The fourth-order valence-corrected chi connectivity index (χ4v) is 1.97. The number of carbonyl (C=O) groups excluding carboxylic acids is 2. The molecule has 0 saturated carbocycles. The van der Waals surface area contributed by atoms with E-state index in [0.717, 1.165) is 5.56 Å². The number of amides is 1. The molecule has 2 rings (SSSR count). The lowest BCUT2D eigenvalue weighted by Crippen LogP contribution is -2.10. The molecule has 24 heavy (non-hydrogen) atoms. The van der Waals surface area contributed by atoms with E-state index < -0.39 is 5.97 Å². The van der Waals surface area contributed by atoms with E-state index in [2.05, 4.69) is 5.32 Å². The molecule has 0 heterocycles. The van der Waals surface area contributed by atoms with Crippen LogP contribution in [0.2, 0.25) is 0 Å².